The Balaban J connectivity index is 2.99. The average molecular weight is 211 g/mol. The minimum atomic E-state index is -0.468. The molecular formula is C9H13N3O3. The van der Waals surface area contributed by atoms with Crippen molar-refractivity contribution in [1.82, 2.24) is 4.98 Å². The van der Waals surface area contributed by atoms with Gasteiger partial charge in [-0.15, -0.1) is 0 Å². The maximum Gasteiger partial charge on any atom is 0.311 e. The largest absolute Gasteiger partial charge is 0.481 e. The summed E-state index contributed by atoms with van der Waals surface area (Å²) in [4.78, 5) is 14.2. The number of anilines is 1. The fraction of sp³-hybridized carbons (Fsp3) is 0.444. The van der Waals surface area contributed by atoms with Crippen LogP contribution in [0.1, 0.15) is 13.3 Å². The van der Waals surface area contributed by atoms with Gasteiger partial charge in [0.25, 0.3) is 0 Å². The molecule has 0 aliphatic heterocycles. The number of methoxy groups -OCH3 is 1. The smallest absolute Gasteiger partial charge is 0.311 e. The molecule has 1 N–H and O–H groups in total. The van der Waals surface area contributed by atoms with Gasteiger partial charge in [-0.3, -0.25) is 10.1 Å². The van der Waals surface area contributed by atoms with Crippen LogP contribution in [0.4, 0.5) is 11.5 Å². The summed E-state index contributed by atoms with van der Waals surface area (Å²) in [5, 5.41) is 13.6. The predicted molar refractivity (Wildman–Crippen MR) is 56.2 cm³/mol. The topological polar surface area (TPSA) is 77.3 Å². The third-order valence-electron chi connectivity index (χ3n) is 1.80. The Morgan fingerprint density at radius 3 is 2.87 bits per heavy atom. The van der Waals surface area contributed by atoms with Gasteiger partial charge in [-0.2, -0.15) is 4.98 Å². The number of ether oxygens (including phenoxy) is 1. The molecule has 15 heavy (non-hydrogen) atoms. The van der Waals surface area contributed by atoms with Gasteiger partial charge in [-0.1, -0.05) is 6.92 Å². The fourth-order valence-corrected chi connectivity index (χ4v) is 1.07. The maximum atomic E-state index is 10.7. The Hall–Kier alpha value is -1.85. The molecule has 0 saturated carbocycles. The second-order valence-electron chi connectivity index (χ2n) is 2.91. The van der Waals surface area contributed by atoms with Gasteiger partial charge < -0.3 is 10.1 Å². The van der Waals surface area contributed by atoms with Gasteiger partial charge in [0.2, 0.25) is 11.7 Å². The van der Waals surface area contributed by atoms with E-state index in [0.29, 0.717) is 12.4 Å². The molecule has 82 valence electrons. The van der Waals surface area contributed by atoms with Crippen molar-refractivity contribution < 1.29 is 9.66 Å². The molecule has 0 radical (unpaired) electrons. The zero-order chi connectivity index (χ0) is 11.3. The van der Waals surface area contributed by atoms with Crippen LogP contribution in [0.5, 0.6) is 5.88 Å². The number of nitrogens with one attached hydrogen (secondary N) is 1. The van der Waals surface area contributed by atoms with E-state index in [1.165, 1.54) is 19.2 Å². The van der Waals surface area contributed by atoms with Crippen molar-refractivity contribution in [2.45, 2.75) is 13.3 Å². The number of pyridine rings is 1. The first kappa shape index (κ1) is 11.2. The SMILES string of the molecule is CCCNc1nc(OC)ccc1[N+](=O)[O-]. The second kappa shape index (κ2) is 5.14. The molecule has 0 amide bonds. The van der Waals surface area contributed by atoms with E-state index in [1.54, 1.807) is 0 Å². The van der Waals surface area contributed by atoms with Gasteiger partial charge in [0.1, 0.15) is 0 Å². The molecule has 1 rings (SSSR count). The standard InChI is InChI=1S/C9H13N3O3/c1-3-6-10-9-7(12(13)14)4-5-8(11-9)15-2/h4-5H,3,6H2,1-2H3,(H,10,11). The lowest BCUT2D eigenvalue weighted by Gasteiger charge is -2.06. The maximum absolute atomic E-state index is 10.7. The van der Waals surface area contributed by atoms with Gasteiger partial charge in [0.05, 0.1) is 12.0 Å². The normalized spacial score (nSPS) is 9.73. The lowest BCUT2D eigenvalue weighted by molar-refractivity contribution is -0.384. The van der Waals surface area contributed by atoms with E-state index in [0.717, 1.165) is 6.42 Å². The van der Waals surface area contributed by atoms with Crippen LogP contribution < -0.4 is 10.1 Å². The van der Waals surface area contributed by atoms with Crippen LogP contribution in [0.25, 0.3) is 0 Å². The summed E-state index contributed by atoms with van der Waals surface area (Å²) in [5.74, 6) is 0.611. The molecule has 0 fully saturated rings. The second-order valence-corrected chi connectivity index (χ2v) is 2.91. The predicted octanol–water partition coefficient (Wildman–Crippen LogP) is 1.82. The van der Waals surface area contributed by atoms with Gasteiger partial charge in [-0.05, 0) is 6.42 Å². The Bertz CT molecular complexity index is 354. The molecule has 6 nitrogen and oxygen atoms in total. The van der Waals surface area contributed by atoms with Crippen LogP contribution in [0, 0.1) is 10.1 Å². The van der Waals surface area contributed by atoms with Gasteiger partial charge >= 0.3 is 5.69 Å². The first-order valence-corrected chi connectivity index (χ1v) is 4.62. The van der Waals surface area contributed by atoms with Gasteiger partial charge in [0, 0.05) is 18.7 Å². The highest BCUT2D eigenvalue weighted by Crippen LogP contribution is 2.24. The van der Waals surface area contributed by atoms with E-state index in [-0.39, 0.29) is 11.5 Å². The highest BCUT2D eigenvalue weighted by atomic mass is 16.6. The van der Waals surface area contributed by atoms with Crippen LogP contribution in [0.2, 0.25) is 0 Å². The highest BCUT2D eigenvalue weighted by Gasteiger charge is 2.15. The Labute approximate surface area is 87.4 Å². The van der Waals surface area contributed by atoms with E-state index in [4.69, 9.17) is 4.74 Å². The summed E-state index contributed by atoms with van der Waals surface area (Å²) >= 11 is 0. The van der Waals surface area contributed by atoms with Gasteiger partial charge in [-0.25, -0.2) is 0 Å². The summed E-state index contributed by atoms with van der Waals surface area (Å²) in [6, 6.07) is 2.85. The Morgan fingerprint density at radius 2 is 2.33 bits per heavy atom. The van der Waals surface area contributed by atoms with Crippen molar-refractivity contribution >= 4 is 11.5 Å². The first-order chi connectivity index (χ1) is 7.19. The minimum Gasteiger partial charge on any atom is -0.481 e. The summed E-state index contributed by atoms with van der Waals surface area (Å²) < 4.78 is 4.90. The molecule has 0 bridgehead atoms. The number of hydrogen-bond donors (Lipinski definition) is 1. The third-order valence-corrected chi connectivity index (χ3v) is 1.80. The van der Waals surface area contributed by atoms with Crippen molar-refractivity contribution in [3.8, 4) is 5.88 Å². The van der Waals surface area contributed by atoms with Crippen LogP contribution >= 0.6 is 0 Å². The van der Waals surface area contributed by atoms with E-state index < -0.39 is 4.92 Å². The first-order valence-electron chi connectivity index (χ1n) is 4.62. The molecular weight excluding hydrogens is 198 g/mol. The summed E-state index contributed by atoms with van der Waals surface area (Å²) in [7, 11) is 1.47. The van der Waals surface area contributed by atoms with E-state index in [2.05, 4.69) is 10.3 Å². The van der Waals surface area contributed by atoms with Crippen LogP contribution in [0.3, 0.4) is 0 Å². The van der Waals surface area contributed by atoms with E-state index >= 15 is 0 Å². The van der Waals surface area contributed by atoms with E-state index in [1.807, 2.05) is 6.92 Å². The minimum absolute atomic E-state index is 0.0377. The number of nitro groups is 1. The zero-order valence-electron chi connectivity index (χ0n) is 8.69. The molecule has 0 aliphatic carbocycles. The molecule has 0 spiro atoms. The third kappa shape index (κ3) is 2.80. The molecule has 1 aromatic rings. The van der Waals surface area contributed by atoms with Crippen LogP contribution in [-0.2, 0) is 0 Å². The number of rotatable bonds is 5. The van der Waals surface area contributed by atoms with Crippen LogP contribution in [0.15, 0.2) is 12.1 Å². The van der Waals surface area contributed by atoms with Crippen molar-refractivity contribution in [3.05, 3.63) is 22.2 Å². The monoisotopic (exact) mass is 211 g/mol. The lowest BCUT2D eigenvalue weighted by atomic mass is 10.3. The molecule has 0 aliphatic rings. The molecule has 0 atom stereocenters. The highest BCUT2D eigenvalue weighted by molar-refractivity contribution is 5.56. The Morgan fingerprint density at radius 1 is 1.60 bits per heavy atom. The summed E-state index contributed by atoms with van der Waals surface area (Å²) in [5.41, 5.74) is -0.0377. The lowest BCUT2D eigenvalue weighted by Crippen LogP contribution is -2.05. The van der Waals surface area contributed by atoms with E-state index in [9.17, 15) is 10.1 Å². The average Bonchev–Trinajstić information content (AvgIpc) is 2.25. The number of hydrogen-bond acceptors (Lipinski definition) is 5. The quantitative estimate of drug-likeness (QED) is 0.593. The molecule has 0 unspecified atom stereocenters. The number of aromatic nitrogens is 1. The Kier molecular flexibility index (Phi) is 3.84. The number of nitrogens with zero attached hydrogens (tertiary/aromatic N) is 2. The van der Waals surface area contributed by atoms with Crippen molar-refractivity contribution in [1.29, 1.82) is 0 Å². The molecule has 6 heteroatoms. The summed E-state index contributed by atoms with van der Waals surface area (Å²) in [6.45, 7) is 2.61. The molecule has 0 aromatic carbocycles. The molecule has 0 saturated heterocycles. The van der Waals surface area contributed by atoms with Crippen molar-refractivity contribution in [3.63, 3.8) is 0 Å². The fourth-order valence-electron chi connectivity index (χ4n) is 1.07. The zero-order valence-corrected chi connectivity index (χ0v) is 8.69. The molecule has 1 heterocycles. The van der Waals surface area contributed by atoms with Crippen LogP contribution in [-0.4, -0.2) is 23.6 Å². The molecule has 1 aromatic heterocycles. The summed E-state index contributed by atoms with van der Waals surface area (Å²) in [6.07, 6.45) is 0.871. The van der Waals surface area contributed by atoms with Crippen molar-refractivity contribution in [2.24, 2.45) is 0 Å². The van der Waals surface area contributed by atoms with Gasteiger partial charge in [0.15, 0.2) is 0 Å². The van der Waals surface area contributed by atoms with Crippen molar-refractivity contribution in [2.75, 3.05) is 19.0 Å².